The van der Waals surface area contributed by atoms with Crippen LogP contribution in [0.4, 0.5) is 10.1 Å². The predicted octanol–water partition coefficient (Wildman–Crippen LogP) is 2.78. The van der Waals surface area contributed by atoms with E-state index in [0.29, 0.717) is 22.5 Å². The van der Waals surface area contributed by atoms with Crippen molar-refractivity contribution in [3.63, 3.8) is 0 Å². The number of aromatic nitrogens is 1. The second-order valence-electron chi connectivity index (χ2n) is 4.59. The van der Waals surface area contributed by atoms with E-state index in [9.17, 15) is 18.5 Å². The minimum atomic E-state index is -3.83. The Bertz CT molecular complexity index is 789. The molecule has 2 rings (SSSR count). The lowest BCUT2D eigenvalue weighted by Crippen LogP contribution is -2.15. The molecule has 0 spiro atoms. The fourth-order valence-electron chi connectivity index (χ4n) is 2.15. The Balaban J connectivity index is 2.41. The lowest BCUT2D eigenvalue weighted by Gasteiger charge is -2.12. The van der Waals surface area contributed by atoms with E-state index >= 15 is 0 Å². The Labute approximate surface area is 125 Å². The number of anilines is 1. The van der Waals surface area contributed by atoms with Gasteiger partial charge in [0, 0.05) is 0 Å². The second-order valence-corrected chi connectivity index (χ2v) is 7.22. The van der Waals surface area contributed by atoms with Crippen molar-refractivity contribution in [2.24, 2.45) is 0 Å². The van der Waals surface area contributed by atoms with E-state index in [1.165, 1.54) is 0 Å². The summed E-state index contributed by atoms with van der Waals surface area (Å²) in [5, 5.41) is 10.3. The summed E-state index contributed by atoms with van der Waals surface area (Å²) in [6.45, 7) is 5.30. The van der Waals surface area contributed by atoms with Crippen LogP contribution in [0.2, 0.25) is 0 Å². The van der Waals surface area contributed by atoms with Gasteiger partial charge in [0.1, 0.15) is 6.20 Å². The third-order valence-electron chi connectivity index (χ3n) is 2.77. The third kappa shape index (κ3) is 3.19. The molecule has 0 radical (unpaired) electrons. The minimum Gasteiger partial charge on any atom is -0.257 e. The van der Waals surface area contributed by atoms with Gasteiger partial charge in [0.25, 0.3) is 10.0 Å². The van der Waals surface area contributed by atoms with E-state index in [-0.39, 0.29) is 15.0 Å². The summed E-state index contributed by atoms with van der Waals surface area (Å²) in [4.78, 5) is 13.9. The van der Waals surface area contributed by atoms with Gasteiger partial charge in [-0.3, -0.25) is 14.8 Å². The first-order valence-corrected chi connectivity index (χ1v) is 8.21. The molecule has 0 atom stereocenters. The topological polar surface area (TPSA) is 102 Å². The van der Waals surface area contributed by atoms with E-state index in [0.717, 1.165) is 11.8 Å². The number of nitro groups is 1. The maximum absolute atomic E-state index is 12.4. The Morgan fingerprint density at radius 3 is 2.29 bits per heavy atom. The molecular weight excluding hydrogens is 314 g/mol. The van der Waals surface area contributed by atoms with Crippen molar-refractivity contribution in [2.45, 2.75) is 25.7 Å². The smallest absolute Gasteiger partial charge is 0.257 e. The zero-order valence-electron chi connectivity index (χ0n) is 11.6. The number of nitrogens with one attached hydrogen (secondary N) is 1. The van der Waals surface area contributed by atoms with Crippen LogP contribution in [0.3, 0.4) is 0 Å². The molecule has 0 aliphatic rings. The van der Waals surface area contributed by atoms with E-state index in [1.54, 1.807) is 26.0 Å². The van der Waals surface area contributed by atoms with Crippen molar-refractivity contribution in [1.82, 2.24) is 4.98 Å². The van der Waals surface area contributed by atoms with Gasteiger partial charge in [-0.25, -0.2) is 13.4 Å². The van der Waals surface area contributed by atoms with Crippen LogP contribution in [0, 0.1) is 30.9 Å². The molecule has 0 saturated carbocycles. The van der Waals surface area contributed by atoms with Crippen LogP contribution in [0.25, 0.3) is 0 Å². The Hall–Kier alpha value is -2.00. The minimum absolute atomic E-state index is 0.0268. The number of benzene rings is 1. The van der Waals surface area contributed by atoms with Gasteiger partial charge in [0.2, 0.25) is 5.13 Å². The average molecular weight is 327 g/mol. The normalized spacial score (nSPS) is 11.4. The fraction of sp³-hybridized carbons (Fsp3) is 0.250. The summed E-state index contributed by atoms with van der Waals surface area (Å²) >= 11 is 0.677. The van der Waals surface area contributed by atoms with Gasteiger partial charge in [0.05, 0.1) is 9.82 Å². The number of thiazole rings is 1. The molecule has 1 N–H and O–H groups in total. The zero-order valence-corrected chi connectivity index (χ0v) is 13.2. The van der Waals surface area contributed by atoms with Gasteiger partial charge in [-0.2, -0.15) is 0 Å². The summed E-state index contributed by atoms with van der Waals surface area (Å²) in [5.41, 5.74) is 2.20. The third-order valence-corrected chi connectivity index (χ3v) is 5.41. The van der Waals surface area contributed by atoms with Gasteiger partial charge in [-0.15, -0.1) is 0 Å². The first kappa shape index (κ1) is 15.4. The summed E-state index contributed by atoms with van der Waals surface area (Å²) < 4.78 is 27.1. The molecule has 112 valence electrons. The lowest BCUT2D eigenvalue weighted by molar-refractivity contribution is -0.380. The van der Waals surface area contributed by atoms with Crippen LogP contribution < -0.4 is 4.72 Å². The van der Waals surface area contributed by atoms with Gasteiger partial charge in [0.15, 0.2) is 0 Å². The number of hydrogen-bond acceptors (Lipinski definition) is 6. The Kier molecular flexibility index (Phi) is 3.97. The van der Waals surface area contributed by atoms with Crippen LogP contribution >= 0.6 is 11.3 Å². The van der Waals surface area contributed by atoms with Crippen LogP contribution in [-0.2, 0) is 10.0 Å². The molecule has 0 saturated heterocycles. The molecule has 0 fully saturated rings. The van der Waals surface area contributed by atoms with Gasteiger partial charge < -0.3 is 0 Å². The molecule has 0 aliphatic heterocycles. The molecule has 0 unspecified atom stereocenters. The lowest BCUT2D eigenvalue weighted by atomic mass is 10.1. The average Bonchev–Trinajstić information content (AvgIpc) is 2.74. The Morgan fingerprint density at radius 1 is 1.24 bits per heavy atom. The summed E-state index contributed by atoms with van der Waals surface area (Å²) in [7, 11) is -3.83. The number of hydrogen-bond donors (Lipinski definition) is 1. The molecule has 21 heavy (non-hydrogen) atoms. The summed E-state index contributed by atoms with van der Waals surface area (Å²) in [6.07, 6.45) is 1.03. The van der Waals surface area contributed by atoms with Gasteiger partial charge in [-0.1, -0.05) is 17.7 Å². The highest BCUT2D eigenvalue weighted by Gasteiger charge is 2.22. The summed E-state index contributed by atoms with van der Waals surface area (Å²) in [5.74, 6) is 0. The molecule has 1 aromatic carbocycles. The van der Waals surface area contributed by atoms with Crippen molar-refractivity contribution in [3.8, 4) is 0 Å². The van der Waals surface area contributed by atoms with E-state index < -0.39 is 14.9 Å². The van der Waals surface area contributed by atoms with E-state index in [2.05, 4.69) is 9.71 Å². The van der Waals surface area contributed by atoms with Gasteiger partial charge in [-0.05, 0) is 43.2 Å². The maximum Gasteiger partial charge on any atom is 0.345 e. The molecule has 0 aliphatic carbocycles. The van der Waals surface area contributed by atoms with Crippen LogP contribution in [0.5, 0.6) is 0 Å². The highest BCUT2D eigenvalue weighted by molar-refractivity contribution is 7.93. The van der Waals surface area contributed by atoms with Crippen molar-refractivity contribution < 1.29 is 13.3 Å². The second kappa shape index (κ2) is 5.41. The molecular formula is C12H13N3O4S2. The molecule has 7 nitrogen and oxygen atoms in total. The number of aryl methyl sites for hydroxylation is 3. The first-order chi connectivity index (χ1) is 9.70. The van der Waals surface area contributed by atoms with Crippen molar-refractivity contribution in [2.75, 3.05) is 4.72 Å². The summed E-state index contributed by atoms with van der Waals surface area (Å²) in [6, 6.07) is 3.54. The molecule has 0 amide bonds. The first-order valence-electron chi connectivity index (χ1n) is 5.91. The predicted molar refractivity (Wildman–Crippen MR) is 80.2 cm³/mol. The Morgan fingerprint density at radius 2 is 1.81 bits per heavy atom. The van der Waals surface area contributed by atoms with Crippen LogP contribution in [-0.4, -0.2) is 18.3 Å². The van der Waals surface area contributed by atoms with E-state index in [1.807, 2.05) is 6.92 Å². The molecule has 0 bridgehead atoms. The number of rotatable bonds is 4. The number of nitrogens with zero attached hydrogens (tertiary/aromatic N) is 2. The van der Waals surface area contributed by atoms with Crippen LogP contribution in [0.15, 0.2) is 23.2 Å². The molecule has 1 heterocycles. The number of sulfonamides is 1. The quantitative estimate of drug-likeness (QED) is 0.687. The monoisotopic (exact) mass is 327 g/mol. The largest absolute Gasteiger partial charge is 0.345 e. The van der Waals surface area contributed by atoms with Crippen LogP contribution in [0.1, 0.15) is 16.7 Å². The van der Waals surface area contributed by atoms with Crippen molar-refractivity contribution >= 4 is 31.5 Å². The van der Waals surface area contributed by atoms with E-state index in [4.69, 9.17) is 0 Å². The highest BCUT2D eigenvalue weighted by atomic mass is 32.2. The van der Waals surface area contributed by atoms with Crippen molar-refractivity contribution in [3.05, 3.63) is 45.1 Å². The van der Waals surface area contributed by atoms with Crippen molar-refractivity contribution in [1.29, 1.82) is 0 Å². The van der Waals surface area contributed by atoms with Gasteiger partial charge >= 0.3 is 5.00 Å². The SMILES string of the molecule is Cc1cc(C)c(S(=O)(=O)Nc2ncc([N+](=O)[O-])s2)c(C)c1. The molecule has 2 aromatic rings. The molecule has 1 aromatic heterocycles. The standard InChI is InChI=1S/C12H13N3O4S2/c1-7-4-8(2)11(9(3)5-7)21(18,19)14-12-13-6-10(20-12)15(16)17/h4-6H,1-3H3,(H,13,14). The fourth-order valence-corrected chi connectivity index (χ4v) is 4.48. The maximum atomic E-state index is 12.4. The zero-order chi connectivity index (χ0) is 15.8. The highest BCUT2D eigenvalue weighted by Crippen LogP contribution is 2.29. The molecule has 9 heteroatoms.